The number of nitrogens with zero attached hydrogens (tertiary/aromatic N) is 2. The molecular formula is C21H18N2O2. The molecule has 0 unspecified atom stereocenters. The molecule has 124 valence electrons. The quantitative estimate of drug-likeness (QED) is 0.625. The first-order valence-electron chi connectivity index (χ1n) is 8.72. The molecule has 25 heavy (non-hydrogen) atoms. The van der Waals surface area contributed by atoms with Crippen molar-refractivity contribution >= 4 is 5.70 Å². The van der Waals surface area contributed by atoms with E-state index in [1.807, 2.05) is 65.4 Å². The summed E-state index contributed by atoms with van der Waals surface area (Å²) in [7, 11) is 0. The maximum absolute atomic E-state index is 12.8. The number of fused-ring (bicyclic) bond motifs is 2. The van der Waals surface area contributed by atoms with E-state index < -0.39 is 5.72 Å². The van der Waals surface area contributed by atoms with Crippen molar-refractivity contribution in [3.63, 3.8) is 0 Å². The van der Waals surface area contributed by atoms with Gasteiger partial charge in [-0.25, -0.2) is 0 Å². The number of azo groups is 2. The second kappa shape index (κ2) is 5.31. The Balaban J connectivity index is 1.73. The van der Waals surface area contributed by atoms with E-state index in [9.17, 15) is 5.11 Å². The lowest BCUT2D eigenvalue weighted by Gasteiger charge is -2.30. The lowest BCUT2D eigenvalue weighted by Crippen LogP contribution is -2.38. The van der Waals surface area contributed by atoms with Gasteiger partial charge in [-0.05, 0) is 42.1 Å². The molecule has 2 atom stereocenters. The molecule has 2 aromatic rings. The molecule has 0 radical (unpaired) electrons. The van der Waals surface area contributed by atoms with Crippen molar-refractivity contribution in [2.24, 2.45) is 5.11 Å². The first-order chi connectivity index (χ1) is 12.3. The molecule has 0 N–H and O–H groups in total. The average molecular weight is 330 g/mol. The normalized spacial score (nSPS) is 27.3. The van der Waals surface area contributed by atoms with Gasteiger partial charge in [-0.15, -0.1) is 0 Å². The number of rotatable bonds is 2. The van der Waals surface area contributed by atoms with Crippen LogP contribution in [-0.4, -0.2) is 10.7 Å². The third-order valence-corrected chi connectivity index (χ3v) is 5.21. The van der Waals surface area contributed by atoms with Crippen LogP contribution in [0.5, 0.6) is 0 Å². The highest BCUT2D eigenvalue weighted by atomic mass is 16.6. The van der Waals surface area contributed by atoms with Crippen molar-refractivity contribution in [2.75, 3.05) is 0 Å². The third-order valence-electron chi connectivity index (χ3n) is 5.21. The van der Waals surface area contributed by atoms with Gasteiger partial charge in [-0.1, -0.05) is 53.2 Å². The Bertz CT molecular complexity index is 915. The van der Waals surface area contributed by atoms with Crippen molar-refractivity contribution in [1.82, 2.24) is 0 Å². The van der Waals surface area contributed by atoms with Crippen LogP contribution in [0.4, 0.5) is 0 Å². The maximum atomic E-state index is 12.8. The summed E-state index contributed by atoms with van der Waals surface area (Å²) in [5, 5.41) is 17.8. The van der Waals surface area contributed by atoms with Crippen LogP contribution in [0.1, 0.15) is 30.4 Å². The summed E-state index contributed by atoms with van der Waals surface area (Å²) in [6.07, 6.45) is 5.31. The van der Waals surface area contributed by atoms with E-state index in [0.717, 1.165) is 30.4 Å². The summed E-state index contributed by atoms with van der Waals surface area (Å²) in [6, 6.07) is 19.7. The van der Waals surface area contributed by atoms with Gasteiger partial charge in [-0.2, -0.15) is 0 Å². The number of hydrogen-bond acceptors (Lipinski definition) is 3. The number of hydrogen-bond donors (Lipinski definition) is 0. The molecule has 0 spiro atoms. The van der Waals surface area contributed by atoms with E-state index in [4.69, 9.17) is 9.85 Å². The van der Waals surface area contributed by atoms with E-state index in [0.29, 0.717) is 5.70 Å². The van der Waals surface area contributed by atoms with E-state index in [-0.39, 0.29) is 12.0 Å². The summed E-state index contributed by atoms with van der Waals surface area (Å²) >= 11 is 0. The zero-order chi connectivity index (χ0) is 16.9. The first-order valence-corrected chi connectivity index (χ1v) is 8.72. The van der Waals surface area contributed by atoms with Gasteiger partial charge in [0.15, 0.2) is 0 Å². The van der Waals surface area contributed by atoms with Gasteiger partial charge in [0.1, 0.15) is 12.0 Å². The predicted molar refractivity (Wildman–Crippen MR) is 91.0 cm³/mol. The Labute approximate surface area is 146 Å². The molecule has 3 aliphatic rings. The molecule has 0 amide bonds. The van der Waals surface area contributed by atoms with Crippen LogP contribution < -0.4 is 5.11 Å². The molecule has 5 rings (SSSR count). The Kier molecular flexibility index (Phi) is 3.07. The van der Waals surface area contributed by atoms with Gasteiger partial charge in [0.25, 0.3) is 5.70 Å². The zero-order valence-electron chi connectivity index (χ0n) is 13.8. The van der Waals surface area contributed by atoms with Crippen LogP contribution in [0, 0.1) is 0 Å². The molecular weight excluding hydrogens is 312 g/mol. The van der Waals surface area contributed by atoms with Gasteiger partial charge in [0, 0.05) is 11.6 Å². The summed E-state index contributed by atoms with van der Waals surface area (Å²) in [6.45, 7) is 0. The van der Waals surface area contributed by atoms with Crippen LogP contribution in [0.15, 0.2) is 83.4 Å². The molecule has 2 heterocycles. The van der Waals surface area contributed by atoms with Gasteiger partial charge >= 0.3 is 5.72 Å². The molecule has 1 fully saturated rings. The van der Waals surface area contributed by atoms with E-state index in [1.54, 1.807) is 0 Å². The summed E-state index contributed by atoms with van der Waals surface area (Å²) in [4.78, 5) is 0. The highest BCUT2D eigenvalue weighted by Gasteiger charge is 2.53. The highest BCUT2D eigenvalue weighted by molar-refractivity contribution is 5.61. The van der Waals surface area contributed by atoms with Crippen molar-refractivity contribution < 1.29 is 14.5 Å². The molecule has 4 heteroatoms. The molecule has 2 aromatic carbocycles. The summed E-state index contributed by atoms with van der Waals surface area (Å²) < 4.78 is 7.81. The second-order valence-electron chi connectivity index (χ2n) is 6.72. The molecule has 1 saturated carbocycles. The largest absolute Gasteiger partial charge is 0.542 e. The molecule has 0 aromatic heterocycles. The zero-order valence-corrected chi connectivity index (χ0v) is 13.8. The maximum Gasteiger partial charge on any atom is 0.302 e. The van der Waals surface area contributed by atoms with Crippen molar-refractivity contribution in [3.8, 4) is 0 Å². The lowest BCUT2D eigenvalue weighted by molar-refractivity contribution is -0.627. The standard InChI is InChI=1S/C21H18N2O2/c24-20-19(15-8-3-1-4-9-15)23-21(25-20,17-11-5-2-6-12-17)14-16-10-7-13-18(16)22-23/h1-6,8-9,11-12,14,18H,7,10,13H2/t18-,21-/m1/s1. The van der Waals surface area contributed by atoms with Crippen molar-refractivity contribution in [3.05, 3.63) is 89.4 Å². The number of benzene rings is 2. The van der Waals surface area contributed by atoms with Crippen LogP contribution in [0.3, 0.4) is 0 Å². The monoisotopic (exact) mass is 330 g/mol. The predicted octanol–water partition coefficient (Wildman–Crippen LogP) is 3.51. The second-order valence-corrected chi connectivity index (χ2v) is 6.72. The van der Waals surface area contributed by atoms with E-state index in [2.05, 4.69) is 6.08 Å². The van der Waals surface area contributed by atoms with E-state index in [1.165, 1.54) is 5.57 Å². The molecule has 0 saturated heterocycles. The fourth-order valence-corrected chi connectivity index (χ4v) is 4.04. The minimum atomic E-state index is -0.959. The van der Waals surface area contributed by atoms with Gasteiger partial charge in [0.2, 0.25) is 0 Å². The lowest BCUT2D eigenvalue weighted by atomic mass is 9.95. The molecule has 4 nitrogen and oxygen atoms in total. The minimum Gasteiger partial charge on any atom is -0.542 e. The van der Waals surface area contributed by atoms with Crippen molar-refractivity contribution in [1.29, 1.82) is 0 Å². The molecule has 1 aliphatic carbocycles. The Morgan fingerprint density at radius 3 is 2.52 bits per heavy atom. The SMILES string of the molecule is [O-]C1=C(c2ccccc2)[N+]2=N[C@@H]3CCCC3=C[C@]2(c2ccccc2)O1. The van der Waals surface area contributed by atoms with Crippen LogP contribution in [-0.2, 0) is 10.5 Å². The smallest absolute Gasteiger partial charge is 0.302 e. The third kappa shape index (κ3) is 2.07. The fraction of sp³-hybridized carbons (Fsp3) is 0.238. The fourth-order valence-electron chi connectivity index (χ4n) is 4.04. The summed E-state index contributed by atoms with van der Waals surface area (Å²) in [5.41, 5.74) is 2.60. The van der Waals surface area contributed by atoms with Crippen molar-refractivity contribution in [2.45, 2.75) is 31.0 Å². The Hall–Kier alpha value is -2.88. The Morgan fingerprint density at radius 2 is 1.76 bits per heavy atom. The van der Waals surface area contributed by atoms with Gasteiger partial charge in [0.05, 0.1) is 5.56 Å². The molecule has 0 bridgehead atoms. The van der Waals surface area contributed by atoms with Crippen LogP contribution >= 0.6 is 0 Å². The van der Waals surface area contributed by atoms with E-state index >= 15 is 0 Å². The highest BCUT2D eigenvalue weighted by Crippen LogP contribution is 2.48. The summed E-state index contributed by atoms with van der Waals surface area (Å²) in [5.74, 6) is -0.323. The van der Waals surface area contributed by atoms with Gasteiger partial charge < -0.3 is 9.84 Å². The Morgan fingerprint density at radius 1 is 1.04 bits per heavy atom. The van der Waals surface area contributed by atoms with Crippen LogP contribution in [0.25, 0.3) is 5.70 Å². The molecule has 2 aliphatic heterocycles. The first kappa shape index (κ1) is 14.5. The van der Waals surface area contributed by atoms with Crippen LogP contribution in [0.2, 0.25) is 0 Å². The topological polar surface area (TPSA) is 47.7 Å². The number of ether oxygens (including phenoxy) is 1. The average Bonchev–Trinajstić information content (AvgIpc) is 3.22. The van der Waals surface area contributed by atoms with Gasteiger partial charge in [-0.3, -0.25) is 0 Å². The minimum absolute atomic E-state index is 0.157.